The summed E-state index contributed by atoms with van der Waals surface area (Å²) >= 11 is 0. The van der Waals surface area contributed by atoms with Gasteiger partial charge in [0.15, 0.2) is 0 Å². The van der Waals surface area contributed by atoms with Gasteiger partial charge < -0.3 is 10.2 Å². The van der Waals surface area contributed by atoms with Gasteiger partial charge in [0.05, 0.1) is 11.0 Å². The average molecular weight is 212 g/mol. The Bertz CT molecular complexity index is 634. The third-order valence-electron chi connectivity index (χ3n) is 2.52. The van der Waals surface area contributed by atoms with E-state index in [0.29, 0.717) is 11.0 Å². The van der Waals surface area contributed by atoms with E-state index in [1.54, 1.807) is 36.4 Å². The molecular formula is C12H8N2O2. The molecule has 3 rings (SSSR count). The first-order chi connectivity index (χ1) is 7.74. The summed E-state index contributed by atoms with van der Waals surface area (Å²) in [6.45, 7) is 0. The van der Waals surface area contributed by atoms with Gasteiger partial charge in [-0.15, -0.1) is 10.2 Å². The summed E-state index contributed by atoms with van der Waals surface area (Å²) in [5, 5.41) is 28.5. The Kier molecular flexibility index (Phi) is 1.71. The van der Waals surface area contributed by atoms with Gasteiger partial charge >= 0.3 is 0 Å². The normalized spacial score (nSPS) is 11.0. The maximum Gasteiger partial charge on any atom is 0.116 e. The molecule has 16 heavy (non-hydrogen) atoms. The predicted octanol–water partition coefficient (Wildman–Crippen LogP) is 2.19. The van der Waals surface area contributed by atoms with Crippen LogP contribution < -0.4 is 0 Å². The largest absolute Gasteiger partial charge is 0.508 e. The maximum absolute atomic E-state index is 9.45. The molecule has 0 amide bonds. The maximum atomic E-state index is 9.45. The fourth-order valence-electron chi connectivity index (χ4n) is 1.76. The Morgan fingerprint density at radius 3 is 1.56 bits per heavy atom. The van der Waals surface area contributed by atoms with Crippen molar-refractivity contribution in [2.75, 3.05) is 0 Å². The van der Waals surface area contributed by atoms with Crippen LogP contribution in [0.5, 0.6) is 11.5 Å². The van der Waals surface area contributed by atoms with Crippen molar-refractivity contribution in [2.24, 2.45) is 0 Å². The van der Waals surface area contributed by atoms with Gasteiger partial charge in [-0.25, -0.2) is 0 Å². The SMILES string of the molecule is Oc1ccc2nnc3ccc(O)cc3c2c1. The molecule has 0 aliphatic heterocycles. The highest BCUT2D eigenvalue weighted by Crippen LogP contribution is 2.27. The lowest BCUT2D eigenvalue weighted by Crippen LogP contribution is -1.86. The summed E-state index contributed by atoms with van der Waals surface area (Å²) in [5.74, 6) is 0.343. The number of hydrogen-bond donors (Lipinski definition) is 2. The summed E-state index contributed by atoms with van der Waals surface area (Å²) in [4.78, 5) is 0. The van der Waals surface area contributed by atoms with Crippen molar-refractivity contribution in [3.63, 3.8) is 0 Å². The molecule has 3 aromatic rings. The molecule has 1 heterocycles. The Morgan fingerprint density at radius 2 is 1.12 bits per heavy atom. The number of benzene rings is 2. The summed E-state index contributed by atoms with van der Waals surface area (Å²) in [6.07, 6.45) is 0. The van der Waals surface area contributed by atoms with Crippen LogP contribution in [0.2, 0.25) is 0 Å². The fraction of sp³-hybridized carbons (Fsp3) is 0. The zero-order valence-electron chi connectivity index (χ0n) is 8.25. The first kappa shape index (κ1) is 8.91. The van der Waals surface area contributed by atoms with Crippen LogP contribution >= 0.6 is 0 Å². The number of fused-ring (bicyclic) bond motifs is 3. The highest BCUT2D eigenvalue weighted by atomic mass is 16.3. The van der Waals surface area contributed by atoms with Crippen molar-refractivity contribution in [3.8, 4) is 11.5 Å². The fourth-order valence-corrected chi connectivity index (χ4v) is 1.76. The monoisotopic (exact) mass is 212 g/mol. The standard InChI is InChI=1S/C12H8N2O2/c15-7-1-3-11-9(5-7)10-6-8(16)2-4-12(10)14-13-11/h1-6,15-16H. The second-order valence-electron chi connectivity index (χ2n) is 3.60. The molecule has 2 aromatic carbocycles. The van der Waals surface area contributed by atoms with Crippen LogP contribution in [0, 0.1) is 0 Å². The smallest absolute Gasteiger partial charge is 0.116 e. The van der Waals surface area contributed by atoms with Crippen molar-refractivity contribution in [1.82, 2.24) is 10.2 Å². The van der Waals surface area contributed by atoms with Crippen molar-refractivity contribution < 1.29 is 10.2 Å². The molecule has 0 saturated carbocycles. The molecule has 0 aliphatic rings. The highest BCUT2D eigenvalue weighted by molar-refractivity contribution is 6.04. The molecule has 0 unspecified atom stereocenters. The molecule has 78 valence electrons. The molecule has 1 aromatic heterocycles. The lowest BCUT2D eigenvalue weighted by molar-refractivity contribution is 0.475. The molecule has 0 atom stereocenters. The third-order valence-corrected chi connectivity index (χ3v) is 2.52. The highest BCUT2D eigenvalue weighted by Gasteiger charge is 2.04. The first-order valence-electron chi connectivity index (χ1n) is 4.82. The van der Waals surface area contributed by atoms with E-state index in [2.05, 4.69) is 10.2 Å². The lowest BCUT2D eigenvalue weighted by Gasteiger charge is -2.02. The predicted molar refractivity (Wildman–Crippen MR) is 60.4 cm³/mol. The second kappa shape index (κ2) is 3.06. The topological polar surface area (TPSA) is 66.2 Å². The first-order valence-corrected chi connectivity index (χ1v) is 4.82. The van der Waals surface area contributed by atoms with Gasteiger partial charge in [0.2, 0.25) is 0 Å². The minimum absolute atomic E-state index is 0.171. The quantitative estimate of drug-likeness (QED) is 0.560. The van der Waals surface area contributed by atoms with E-state index in [9.17, 15) is 10.2 Å². The molecule has 0 fully saturated rings. The van der Waals surface area contributed by atoms with Crippen LogP contribution in [0.4, 0.5) is 0 Å². The van der Waals surface area contributed by atoms with Crippen molar-refractivity contribution in [1.29, 1.82) is 0 Å². The Balaban J connectivity index is 2.55. The summed E-state index contributed by atoms with van der Waals surface area (Å²) in [7, 11) is 0. The van der Waals surface area contributed by atoms with Crippen LogP contribution in [0.15, 0.2) is 36.4 Å². The van der Waals surface area contributed by atoms with Gasteiger partial charge in [-0.1, -0.05) is 0 Å². The number of phenols is 2. The van der Waals surface area contributed by atoms with E-state index < -0.39 is 0 Å². The van der Waals surface area contributed by atoms with Gasteiger partial charge in [0.1, 0.15) is 11.5 Å². The number of aromatic hydroxyl groups is 2. The van der Waals surface area contributed by atoms with Crippen molar-refractivity contribution >= 4 is 21.8 Å². The molecule has 0 spiro atoms. The molecule has 2 N–H and O–H groups in total. The van der Waals surface area contributed by atoms with E-state index in [4.69, 9.17) is 0 Å². The zero-order valence-corrected chi connectivity index (χ0v) is 8.25. The molecule has 0 radical (unpaired) electrons. The molecular weight excluding hydrogens is 204 g/mol. The lowest BCUT2D eigenvalue weighted by atomic mass is 10.1. The van der Waals surface area contributed by atoms with Gasteiger partial charge in [-0.2, -0.15) is 0 Å². The van der Waals surface area contributed by atoms with E-state index in [-0.39, 0.29) is 11.5 Å². The minimum Gasteiger partial charge on any atom is -0.508 e. The van der Waals surface area contributed by atoms with Crippen LogP contribution in [-0.4, -0.2) is 20.4 Å². The van der Waals surface area contributed by atoms with E-state index >= 15 is 0 Å². The summed E-state index contributed by atoms with van der Waals surface area (Å²) in [6, 6.07) is 9.75. The Hall–Kier alpha value is -2.36. The van der Waals surface area contributed by atoms with Gasteiger partial charge in [0.25, 0.3) is 0 Å². The Morgan fingerprint density at radius 1 is 0.688 bits per heavy atom. The van der Waals surface area contributed by atoms with Crippen molar-refractivity contribution in [3.05, 3.63) is 36.4 Å². The van der Waals surface area contributed by atoms with E-state index in [1.807, 2.05) is 0 Å². The summed E-state index contributed by atoms with van der Waals surface area (Å²) < 4.78 is 0. The van der Waals surface area contributed by atoms with Crippen LogP contribution in [-0.2, 0) is 0 Å². The zero-order chi connectivity index (χ0) is 11.1. The van der Waals surface area contributed by atoms with Gasteiger partial charge in [-0.05, 0) is 36.4 Å². The molecule has 0 bridgehead atoms. The molecule has 0 aliphatic carbocycles. The summed E-state index contributed by atoms with van der Waals surface area (Å²) in [5.41, 5.74) is 1.38. The Labute approximate surface area is 90.8 Å². The third kappa shape index (κ3) is 1.24. The molecule has 4 heteroatoms. The minimum atomic E-state index is 0.171. The number of hydrogen-bond acceptors (Lipinski definition) is 4. The van der Waals surface area contributed by atoms with Crippen LogP contribution in [0.3, 0.4) is 0 Å². The van der Waals surface area contributed by atoms with E-state index in [1.165, 1.54) is 0 Å². The van der Waals surface area contributed by atoms with Gasteiger partial charge in [-0.3, -0.25) is 0 Å². The number of aromatic nitrogens is 2. The van der Waals surface area contributed by atoms with Crippen LogP contribution in [0.25, 0.3) is 21.8 Å². The number of phenolic OH excluding ortho intramolecular Hbond substituents is 2. The van der Waals surface area contributed by atoms with Gasteiger partial charge in [0, 0.05) is 10.8 Å². The number of nitrogens with zero attached hydrogens (tertiary/aromatic N) is 2. The van der Waals surface area contributed by atoms with Crippen molar-refractivity contribution in [2.45, 2.75) is 0 Å². The second-order valence-corrected chi connectivity index (χ2v) is 3.60. The van der Waals surface area contributed by atoms with E-state index in [0.717, 1.165) is 10.8 Å². The molecule has 4 nitrogen and oxygen atoms in total. The molecule has 0 saturated heterocycles. The average Bonchev–Trinajstić information content (AvgIpc) is 2.29. The number of rotatable bonds is 0. The van der Waals surface area contributed by atoms with Crippen LogP contribution in [0.1, 0.15) is 0 Å².